The minimum Gasteiger partial charge on any atom is -0.353 e. The SMILES string of the molecule is Cc1ccc(-c2[nH]c3cccnc3c2C=O)cc1. The topological polar surface area (TPSA) is 45.8 Å². The highest BCUT2D eigenvalue weighted by atomic mass is 16.1. The number of H-pyrrole nitrogens is 1. The van der Waals surface area contributed by atoms with E-state index in [4.69, 9.17) is 0 Å². The number of aryl methyl sites for hydroxylation is 1. The van der Waals surface area contributed by atoms with Crippen molar-refractivity contribution in [1.82, 2.24) is 9.97 Å². The lowest BCUT2D eigenvalue weighted by atomic mass is 10.1. The molecule has 88 valence electrons. The van der Waals surface area contributed by atoms with Crippen LogP contribution in [0.3, 0.4) is 0 Å². The van der Waals surface area contributed by atoms with Crippen LogP contribution in [-0.4, -0.2) is 16.3 Å². The highest BCUT2D eigenvalue weighted by Crippen LogP contribution is 2.27. The van der Waals surface area contributed by atoms with Crippen molar-refractivity contribution in [3.63, 3.8) is 0 Å². The van der Waals surface area contributed by atoms with Gasteiger partial charge in [0.1, 0.15) is 0 Å². The highest BCUT2D eigenvalue weighted by Gasteiger charge is 2.12. The van der Waals surface area contributed by atoms with E-state index >= 15 is 0 Å². The fraction of sp³-hybridized carbons (Fsp3) is 0.0667. The summed E-state index contributed by atoms with van der Waals surface area (Å²) in [4.78, 5) is 18.8. The number of hydrogen-bond acceptors (Lipinski definition) is 2. The summed E-state index contributed by atoms with van der Waals surface area (Å²) in [5, 5.41) is 0. The average molecular weight is 236 g/mol. The van der Waals surface area contributed by atoms with Crippen molar-refractivity contribution < 1.29 is 4.79 Å². The maximum atomic E-state index is 11.3. The molecule has 0 fully saturated rings. The number of fused-ring (bicyclic) bond motifs is 1. The van der Waals surface area contributed by atoms with Gasteiger partial charge in [-0.2, -0.15) is 0 Å². The van der Waals surface area contributed by atoms with Crippen LogP contribution >= 0.6 is 0 Å². The number of carbonyl (C=O) groups excluding carboxylic acids is 1. The van der Waals surface area contributed by atoms with Gasteiger partial charge in [-0.1, -0.05) is 29.8 Å². The summed E-state index contributed by atoms with van der Waals surface area (Å²) in [6.07, 6.45) is 2.56. The third kappa shape index (κ3) is 1.61. The number of rotatable bonds is 2. The molecule has 0 aliphatic carbocycles. The van der Waals surface area contributed by atoms with Gasteiger partial charge in [0, 0.05) is 6.20 Å². The van der Waals surface area contributed by atoms with Gasteiger partial charge in [-0.15, -0.1) is 0 Å². The Bertz CT molecular complexity index is 711. The van der Waals surface area contributed by atoms with Gasteiger partial charge in [0.05, 0.1) is 22.3 Å². The molecule has 0 saturated heterocycles. The first kappa shape index (κ1) is 10.7. The van der Waals surface area contributed by atoms with E-state index < -0.39 is 0 Å². The maximum absolute atomic E-state index is 11.3. The number of carbonyl (C=O) groups is 1. The first-order valence-corrected chi connectivity index (χ1v) is 5.78. The Morgan fingerprint density at radius 3 is 2.67 bits per heavy atom. The van der Waals surface area contributed by atoms with E-state index in [0.29, 0.717) is 5.56 Å². The van der Waals surface area contributed by atoms with E-state index in [1.807, 2.05) is 43.3 Å². The Balaban J connectivity index is 2.28. The zero-order chi connectivity index (χ0) is 12.5. The summed E-state index contributed by atoms with van der Waals surface area (Å²) in [6.45, 7) is 2.04. The van der Waals surface area contributed by atoms with E-state index in [0.717, 1.165) is 28.6 Å². The molecule has 2 heterocycles. The van der Waals surface area contributed by atoms with E-state index in [2.05, 4.69) is 9.97 Å². The normalized spacial score (nSPS) is 10.7. The Morgan fingerprint density at radius 1 is 1.17 bits per heavy atom. The van der Waals surface area contributed by atoms with Crippen LogP contribution in [0.2, 0.25) is 0 Å². The van der Waals surface area contributed by atoms with Crippen molar-refractivity contribution in [2.24, 2.45) is 0 Å². The van der Waals surface area contributed by atoms with Crippen molar-refractivity contribution in [2.75, 3.05) is 0 Å². The first-order valence-electron chi connectivity index (χ1n) is 5.78. The smallest absolute Gasteiger partial charge is 0.154 e. The minimum absolute atomic E-state index is 0.620. The maximum Gasteiger partial charge on any atom is 0.154 e. The first-order chi connectivity index (χ1) is 8.79. The van der Waals surface area contributed by atoms with Gasteiger partial charge in [0.25, 0.3) is 0 Å². The number of aldehydes is 1. The van der Waals surface area contributed by atoms with E-state index in [9.17, 15) is 4.79 Å². The number of pyridine rings is 1. The standard InChI is InChI=1S/C15H12N2O/c1-10-4-6-11(7-5-10)14-12(9-18)15-13(17-14)3-2-8-16-15/h2-9,17H,1H3. The van der Waals surface area contributed by atoms with Gasteiger partial charge in [-0.05, 0) is 24.6 Å². The van der Waals surface area contributed by atoms with Gasteiger partial charge < -0.3 is 4.98 Å². The van der Waals surface area contributed by atoms with Crippen LogP contribution in [0.1, 0.15) is 15.9 Å². The molecule has 1 N–H and O–H groups in total. The van der Waals surface area contributed by atoms with E-state index in [1.54, 1.807) is 6.20 Å². The number of hydrogen-bond donors (Lipinski definition) is 1. The third-order valence-corrected chi connectivity index (χ3v) is 3.05. The lowest BCUT2D eigenvalue weighted by Gasteiger charge is -2.00. The fourth-order valence-electron chi connectivity index (χ4n) is 2.10. The second kappa shape index (κ2) is 4.11. The van der Waals surface area contributed by atoms with Crippen molar-refractivity contribution in [1.29, 1.82) is 0 Å². The molecule has 3 aromatic rings. The lowest BCUT2D eigenvalue weighted by Crippen LogP contribution is -1.85. The van der Waals surface area contributed by atoms with Crippen molar-refractivity contribution in [2.45, 2.75) is 6.92 Å². The highest BCUT2D eigenvalue weighted by molar-refractivity contribution is 6.02. The molecule has 2 aromatic heterocycles. The van der Waals surface area contributed by atoms with Crippen LogP contribution in [0.5, 0.6) is 0 Å². The van der Waals surface area contributed by atoms with E-state index in [1.165, 1.54) is 5.56 Å². The molecule has 18 heavy (non-hydrogen) atoms. The van der Waals surface area contributed by atoms with E-state index in [-0.39, 0.29) is 0 Å². The molecule has 0 atom stereocenters. The Hall–Kier alpha value is -2.42. The summed E-state index contributed by atoms with van der Waals surface area (Å²) >= 11 is 0. The summed E-state index contributed by atoms with van der Waals surface area (Å²) < 4.78 is 0. The second-order valence-corrected chi connectivity index (χ2v) is 4.30. The molecule has 0 unspecified atom stereocenters. The predicted molar refractivity (Wildman–Crippen MR) is 71.7 cm³/mol. The molecule has 0 spiro atoms. The summed E-state index contributed by atoms with van der Waals surface area (Å²) in [7, 11) is 0. The van der Waals surface area contributed by atoms with Gasteiger partial charge in [0.15, 0.2) is 6.29 Å². The quantitative estimate of drug-likeness (QED) is 0.693. The molecule has 0 amide bonds. The van der Waals surface area contributed by atoms with Crippen LogP contribution < -0.4 is 0 Å². The average Bonchev–Trinajstić information content (AvgIpc) is 2.78. The molecule has 0 bridgehead atoms. The molecule has 0 aliphatic rings. The predicted octanol–water partition coefficient (Wildman–Crippen LogP) is 3.35. The molecule has 1 aromatic carbocycles. The zero-order valence-electron chi connectivity index (χ0n) is 9.97. The molecule has 3 nitrogen and oxygen atoms in total. The number of aromatic nitrogens is 2. The molecular weight excluding hydrogens is 224 g/mol. The third-order valence-electron chi connectivity index (χ3n) is 3.05. The van der Waals surface area contributed by atoms with Crippen LogP contribution in [0, 0.1) is 6.92 Å². The van der Waals surface area contributed by atoms with Gasteiger partial charge in [-0.25, -0.2) is 0 Å². The Morgan fingerprint density at radius 2 is 1.94 bits per heavy atom. The molecular formula is C15H12N2O. The molecule has 0 radical (unpaired) electrons. The summed E-state index contributed by atoms with van der Waals surface area (Å²) in [6, 6.07) is 11.9. The zero-order valence-corrected chi connectivity index (χ0v) is 9.97. The summed E-state index contributed by atoms with van der Waals surface area (Å²) in [5.41, 5.74) is 5.26. The molecule has 0 aliphatic heterocycles. The van der Waals surface area contributed by atoms with Crippen molar-refractivity contribution in [3.05, 3.63) is 53.7 Å². The van der Waals surface area contributed by atoms with Crippen LogP contribution in [0.25, 0.3) is 22.3 Å². The van der Waals surface area contributed by atoms with Crippen molar-refractivity contribution >= 4 is 17.3 Å². The van der Waals surface area contributed by atoms with Gasteiger partial charge >= 0.3 is 0 Å². The van der Waals surface area contributed by atoms with Crippen LogP contribution in [-0.2, 0) is 0 Å². The number of nitrogens with zero attached hydrogens (tertiary/aromatic N) is 1. The van der Waals surface area contributed by atoms with Crippen LogP contribution in [0.15, 0.2) is 42.6 Å². The molecule has 3 rings (SSSR count). The minimum atomic E-state index is 0.620. The van der Waals surface area contributed by atoms with Crippen molar-refractivity contribution in [3.8, 4) is 11.3 Å². The molecule has 3 heteroatoms. The monoisotopic (exact) mass is 236 g/mol. The van der Waals surface area contributed by atoms with Gasteiger partial charge in [-0.3, -0.25) is 9.78 Å². The number of nitrogens with one attached hydrogen (secondary N) is 1. The van der Waals surface area contributed by atoms with Gasteiger partial charge in [0.2, 0.25) is 0 Å². The number of benzene rings is 1. The second-order valence-electron chi connectivity index (χ2n) is 4.30. The fourth-order valence-corrected chi connectivity index (χ4v) is 2.10. The lowest BCUT2D eigenvalue weighted by molar-refractivity contribution is 0.112. The largest absolute Gasteiger partial charge is 0.353 e. The molecule has 0 saturated carbocycles. The number of aromatic amines is 1. The Kier molecular flexibility index (Phi) is 2.45. The summed E-state index contributed by atoms with van der Waals surface area (Å²) in [5.74, 6) is 0. The van der Waals surface area contributed by atoms with Crippen LogP contribution in [0.4, 0.5) is 0 Å². The Labute approximate surface area is 104 Å².